The molecule has 1 atom stereocenters. The summed E-state index contributed by atoms with van der Waals surface area (Å²) >= 11 is 0. The van der Waals surface area contributed by atoms with Crippen molar-refractivity contribution in [3.05, 3.63) is 59.9 Å². The Morgan fingerprint density at radius 2 is 1.61 bits per heavy atom. The third-order valence-corrected chi connectivity index (χ3v) is 6.55. The SMILES string of the molecule is O=C(O)N1CCN(C(CNS(=O)(=O)c2ccc(OC(F)(F)F)cc2)c2ccc(F)cc2)CC1. The lowest BCUT2D eigenvalue weighted by Gasteiger charge is -2.38. The highest BCUT2D eigenvalue weighted by atomic mass is 32.2. The third kappa shape index (κ3) is 6.79. The summed E-state index contributed by atoms with van der Waals surface area (Å²) in [7, 11) is -4.09. The third-order valence-electron chi connectivity index (χ3n) is 5.11. The number of alkyl halides is 3. The molecule has 180 valence electrons. The van der Waals surface area contributed by atoms with E-state index < -0.39 is 40.1 Å². The predicted octanol–water partition coefficient (Wildman–Crippen LogP) is 3.04. The molecule has 2 aromatic carbocycles. The van der Waals surface area contributed by atoms with E-state index >= 15 is 0 Å². The quantitative estimate of drug-likeness (QED) is 0.578. The molecule has 3 rings (SSSR count). The van der Waals surface area contributed by atoms with Crippen LogP contribution in [0.1, 0.15) is 11.6 Å². The molecule has 1 saturated heterocycles. The predicted molar refractivity (Wildman–Crippen MR) is 109 cm³/mol. The van der Waals surface area contributed by atoms with Crippen LogP contribution in [0.15, 0.2) is 53.4 Å². The number of carbonyl (C=O) groups is 1. The van der Waals surface area contributed by atoms with E-state index in [1.54, 1.807) is 0 Å². The molecule has 1 aliphatic heterocycles. The largest absolute Gasteiger partial charge is 0.573 e. The topological polar surface area (TPSA) is 99.2 Å². The van der Waals surface area contributed by atoms with E-state index in [9.17, 15) is 30.8 Å². The molecule has 0 radical (unpaired) electrons. The first kappa shape index (κ1) is 24.7. The zero-order valence-corrected chi connectivity index (χ0v) is 17.9. The average molecular weight is 491 g/mol. The van der Waals surface area contributed by atoms with E-state index in [-0.39, 0.29) is 24.5 Å². The number of nitrogens with one attached hydrogen (secondary N) is 1. The van der Waals surface area contributed by atoms with Gasteiger partial charge in [0.05, 0.1) is 4.90 Å². The van der Waals surface area contributed by atoms with Crippen LogP contribution in [0.4, 0.5) is 22.4 Å². The maximum Gasteiger partial charge on any atom is 0.573 e. The maximum absolute atomic E-state index is 13.4. The summed E-state index contributed by atoms with van der Waals surface area (Å²) in [5, 5.41) is 9.13. The molecule has 1 fully saturated rings. The minimum atomic E-state index is -4.90. The van der Waals surface area contributed by atoms with Gasteiger partial charge in [0.25, 0.3) is 0 Å². The van der Waals surface area contributed by atoms with Gasteiger partial charge in [-0.1, -0.05) is 12.1 Å². The lowest BCUT2D eigenvalue weighted by molar-refractivity contribution is -0.274. The molecule has 33 heavy (non-hydrogen) atoms. The fourth-order valence-corrected chi connectivity index (χ4v) is 4.50. The molecular formula is C20H21F4N3O5S. The number of rotatable bonds is 7. The second-order valence-corrected chi connectivity index (χ2v) is 9.01. The van der Waals surface area contributed by atoms with Crippen molar-refractivity contribution in [3.63, 3.8) is 0 Å². The van der Waals surface area contributed by atoms with Gasteiger partial charge in [-0.3, -0.25) is 4.90 Å². The van der Waals surface area contributed by atoms with Crippen molar-refractivity contribution in [2.45, 2.75) is 17.3 Å². The van der Waals surface area contributed by atoms with Gasteiger partial charge in [0.1, 0.15) is 11.6 Å². The molecule has 2 N–H and O–H groups in total. The van der Waals surface area contributed by atoms with E-state index in [4.69, 9.17) is 5.11 Å². The van der Waals surface area contributed by atoms with E-state index in [1.807, 2.05) is 4.90 Å². The summed E-state index contributed by atoms with van der Waals surface area (Å²) in [5.41, 5.74) is 0.622. The Kier molecular flexibility index (Phi) is 7.44. The lowest BCUT2D eigenvalue weighted by atomic mass is 10.0. The summed E-state index contributed by atoms with van der Waals surface area (Å²) in [6.45, 7) is 0.988. The van der Waals surface area contributed by atoms with E-state index in [0.29, 0.717) is 18.7 Å². The van der Waals surface area contributed by atoms with Crippen molar-refractivity contribution >= 4 is 16.1 Å². The fraction of sp³-hybridized carbons (Fsp3) is 0.350. The lowest BCUT2D eigenvalue weighted by Crippen LogP contribution is -2.51. The standard InChI is InChI=1S/C20H21F4N3O5S/c21-15-3-1-14(2-4-15)18(26-9-11-27(12-10-26)19(28)29)13-25-33(30,31)17-7-5-16(6-8-17)32-20(22,23)24/h1-8,18,25H,9-13H2,(H,28,29). The van der Waals surface area contributed by atoms with E-state index in [2.05, 4.69) is 9.46 Å². The molecule has 1 amide bonds. The summed E-state index contributed by atoms with van der Waals surface area (Å²) in [6.07, 6.45) is -5.95. The van der Waals surface area contributed by atoms with Crippen LogP contribution in [-0.2, 0) is 10.0 Å². The van der Waals surface area contributed by atoms with Crippen molar-refractivity contribution in [1.82, 2.24) is 14.5 Å². The number of nitrogens with zero attached hydrogens (tertiary/aromatic N) is 2. The molecule has 0 saturated carbocycles. The number of amides is 1. The summed E-state index contributed by atoms with van der Waals surface area (Å²) in [4.78, 5) is 14.0. The molecular weight excluding hydrogens is 470 g/mol. The number of benzene rings is 2. The first-order valence-electron chi connectivity index (χ1n) is 9.77. The van der Waals surface area contributed by atoms with Crippen LogP contribution in [0.2, 0.25) is 0 Å². The van der Waals surface area contributed by atoms with Crippen LogP contribution in [0.5, 0.6) is 5.75 Å². The Bertz CT molecular complexity index is 1050. The van der Waals surface area contributed by atoms with Gasteiger partial charge in [-0.2, -0.15) is 0 Å². The zero-order chi connectivity index (χ0) is 24.2. The van der Waals surface area contributed by atoms with Gasteiger partial charge >= 0.3 is 12.5 Å². The molecule has 0 aliphatic carbocycles. The number of halogens is 4. The minimum Gasteiger partial charge on any atom is -0.465 e. The molecule has 13 heteroatoms. The Balaban J connectivity index is 1.74. The van der Waals surface area contributed by atoms with Crippen LogP contribution < -0.4 is 9.46 Å². The number of carboxylic acid groups (broad SMARTS) is 1. The number of hydrogen-bond acceptors (Lipinski definition) is 5. The monoisotopic (exact) mass is 491 g/mol. The van der Waals surface area contributed by atoms with Crippen LogP contribution in [-0.4, -0.2) is 68.5 Å². The van der Waals surface area contributed by atoms with Crippen molar-refractivity contribution < 1.29 is 40.6 Å². The van der Waals surface area contributed by atoms with Crippen molar-refractivity contribution in [1.29, 1.82) is 0 Å². The maximum atomic E-state index is 13.4. The molecule has 0 bridgehead atoms. The normalized spacial score (nSPS) is 16.4. The van der Waals surface area contributed by atoms with Crippen LogP contribution >= 0.6 is 0 Å². The molecule has 1 heterocycles. The smallest absolute Gasteiger partial charge is 0.465 e. The molecule has 0 spiro atoms. The van der Waals surface area contributed by atoms with Crippen molar-refractivity contribution in [3.8, 4) is 5.75 Å². The average Bonchev–Trinajstić information content (AvgIpc) is 2.74. The van der Waals surface area contributed by atoms with Crippen molar-refractivity contribution in [2.24, 2.45) is 0 Å². The van der Waals surface area contributed by atoms with Crippen LogP contribution in [0.3, 0.4) is 0 Å². The van der Waals surface area contributed by atoms with E-state index in [1.165, 1.54) is 29.2 Å². The Morgan fingerprint density at radius 1 is 1.03 bits per heavy atom. The highest BCUT2D eigenvalue weighted by Crippen LogP contribution is 2.25. The van der Waals surface area contributed by atoms with Gasteiger partial charge in [0.2, 0.25) is 10.0 Å². The van der Waals surface area contributed by atoms with Crippen molar-refractivity contribution in [2.75, 3.05) is 32.7 Å². The fourth-order valence-electron chi connectivity index (χ4n) is 3.46. The van der Waals surface area contributed by atoms with Crippen LogP contribution in [0, 0.1) is 5.82 Å². The van der Waals surface area contributed by atoms with Gasteiger partial charge in [0.15, 0.2) is 0 Å². The van der Waals surface area contributed by atoms with Gasteiger partial charge in [-0.05, 0) is 42.0 Å². The molecule has 8 nitrogen and oxygen atoms in total. The van der Waals surface area contributed by atoms with Gasteiger partial charge in [-0.15, -0.1) is 13.2 Å². The molecule has 1 aliphatic rings. The summed E-state index contributed by atoms with van der Waals surface area (Å²) in [6, 6.07) is 8.75. The van der Waals surface area contributed by atoms with Gasteiger partial charge < -0.3 is 14.7 Å². The number of hydrogen-bond donors (Lipinski definition) is 2. The molecule has 2 aromatic rings. The number of ether oxygens (including phenoxy) is 1. The Labute approximate surface area is 187 Å². The first-order valence-corrected chi connectivity index (χ1v) is 11.3. The second-order valence-electron chi connectivity index (χ2n) is 7.24. The summed E-state index contributed by atoms with van der Waals surface area (Å²) < 4.78 is 81.9. The highest BCUT2D eigenvalue weighted by Gasteiger charge is 2.31. The number of piperazine rings is 1. The molecule has 0 aromatic heterocycles. The zero-order valence-electron chi connectivity index (χ0n) is 17.1. The summed E-state index contributed by atoms with van der Waals surface area (Å²) in [5.74, 6) is -1.02. The van der Waals surface area contributed by atoms with E-state index in [0.717, 1.165) is 24.3 Å². The first-order chi connectivity index (χ1) is 15.4. The Hall–Kier alpha value is -2.90. The highest BCUT2D eigenvalue weighted by molar-refractivity contribution is 7.89. The number of sulfonamides is 1. The van der Waals surface area contributed by atoms with Crippen LogP contribution in [0.25, 0.3) is 0 Å². The molecule has 1 unspecified atom stereocenters. The minimum absolute atomic E-state index is 0.123. The van der Waals surface area contributed by atoms with Gasteiger partial charge in [-0.25, -0.2) is 22.3 Å². The van der Waals surface area contributed by atoms with Gasteiger partial charge in [0, 0.05) is 38.8 Å². The second kappa shape index (κ2) is 9.93. The Morgan fingerprint density at radius 3 is 2.12 bits per heavy atom.